The number of rotatable bonds is 7. The van der Waals surface area contributed by atoms with Gasteiger partial charge in [0.2, 0.25) is 0 Å². The predicted octanol–water partition coefficient (Wildman–Crippen LogP) is 7.43. The van der Waals surface area contributed by atoms with Gasteiger partial charge in [0.15, 0.2) is 0 Å². The minimum atomic E-state index is -0.541. The molecule has 2 aliphatic carbocycles. The monoisotopic (exact) mass is 716 g/mol. The van der Waals surface area contributed by atoms with Crippen LogP contribution < -0.4 is 11.1 Å². The highest BCUT2D eigenvalue weighted by atomic mass is 35.5. The molecule has 2 aromatic rings. The molecule has 0 aromatic heterocycles. The van der Waals surface area contributed by atoms with Crippen molar-refractivity contribution in [2.45, 2.75) is 101 Å². The van der Waals surface area contributed by atoms with Gasteiger partial charge in [0.1, 0.15) is 18.8 Å². The van der Waals surface area contributed by atoms with Crippen LogP contribution >= 0.6 is 23.2 Å². The second kappa shape index (κ2) is 15.8. The zero-order valence-electron chi connectivity index (χ0n) is 28.9. The van der Waals surface area contributed by atoms with E-state index < -0.39 is 11.7 Å². The first kappa shape index (κ1) is 37.1. The van der Waals surface area contributed by atoms with Gasteiger partial charge in [-0.2, -0.15) is 0 Å². The smallest absolute Gasteiger partial charge is 0.410 e. The van der Waals surface area contributed by atoms with Gasteiger partial charge in [-0.05, 0) is 108 Å². The van der Waals surface area contributed by atoms with Crippen LogP contribution in [0.2, 0.25) is 10.0 Å². The number of carbonyl (C=O) groups excluding carboxylic acids is 3. The minimum absolute atomic E-state index is 0.00890. The third-order valence-electron chi connectivity index (χ3n) is 10.5. The van der Waals surface area contributed by atoms with Gasteiger partial charge in [0.25, 0.3) is 0 Å². The van der Waals surface area contributed by atoms with Gasteiger partial charge in [-0.25, -0.2) is 14.4 Å². The molecule has 49 heavy (non-hydrogen) atoms. The van der Waals surface area contributed by atoms with Crippen LogP contribution in [0.15, 0.2) is 48.5 Å². The van der Waals surface area contributed by atoms with Crippen LogP contribution in [-0.2, 0) is 25.0 Å². The van der Waals surface area contributed by atoms with Crippen LogP contribution in [0.1, 0.15) is 83.3 Å². The molecule has 2 aliphatic heterocycles. The van der Waals surface area contributed by atoms with Gasteiger partial charge in [-0.1, -0.05) is 47.5 Å². The van der Waals surface area contributed by atoms with Crippen molar-refractivity contribution < 1.29 is 28.6 Å². The molecule has 3 N–H and O–H groups in total. The van der Waals surface area contributed by atoms with Crippen LogP contribution in [0, 0.1) is 0 Å². The number of ether oxygens (including phenoxy) is 3. The van der Waals surface area contributed by atoms with E-state index in [9.17, 15) is 14.4 Å². The Morgan fingerprint density at radius 1 is 0.837 bits per heavy atom. The maximum Gasteiger partial charge on any atom is 0.410 e. The summed E-state index contributed by atoms with van der Waals surface area (Å²) in [6.07, 6.45) is 6.52. The van der Waals surface area contributed by atoms with Crippen molar-refractivity contribution in [1.82, 2.24) is 15.1 Å². The van der Waals surface area contributed by atoms with Gasteiger partial charge in [0, 0.05) is 46.0 Å². The van der Waals surface area contributed by atoms with E-state index in [1.807, 2.05) is 67.0 Å². The quantitative estimate of drug-likeness (QED) is 0.286. The molecular weight excluding hydrogens is 667 g/mol. The lowest BCUT2D eigenvalue weighted by Gasteiger charge is -2.42. The maximum atomic E-state index is 12.2. The molecular formula is C37H50Cl2N4O6. The Labute approximate surface area is 299 Å². The highest BCUT2D eigenvalue weighted by molar-refractivity contribution is 6.30. The molecule has 3 amide bonds. The molecule has 0 atom stereocenters. The van der Waals surface area contributed by atoms with E-state index >= 15 is 0 Å². The first-order chi connectivity index (χ1) is 23.3. The fourth-order valence-corrected chi connectivity index (χ4v) is 8.16. The van der Waals surface area contributed by atoms with Crippen molar-refractivity contribution in [2.75, 3.05) is 39.4 Å². The minimum Gasteiger partial charge on any atom is -0.448 e. The zero-order chi connectivity index (χ0) is 35.2. The average molecular weight is 718 g/mol. The molecule has 0 spiro atoms. The summed E-state index contributed by atoms with van der Waals surface area (Å²) < 4.78 is 15.5. The molecule has 4 aliphatic rings. The maximum absolute atomic E-state index is 12.2. The van der Waals surface area contributed by atoms with Crippen molar-refractivity contribution >= 4 is 41.5 Å². The van der Waals surface area contributed by atoms with E-state index in [2.05, 4.69) is 17.4 Å². The summed E-state index contributed by atoms with van der Waals surface area (Å²) in [5, 5.41) is 4.39. The van der Waals surface area contributed by atoms with Gasteiger partial charge in [-0.3, -0.25) is 0 Å². The third-order valence-corrected chi connectivity index (χ3v) is 11.0. The summed E-state index contributed by atoms with van der Waals surface area (Å²) in [6, 6.07) is 16.3. The van der Waals surface area contributed by atoms with Gasteiger partial charge >= 0.3 is 18.3 Å². The molecule has 0 unspecified atom stereocenters. The third kappa shape index (κ3) is 9.13. The molecule has 2 saturated carbocycles. The summed E-state index contributed by atoms with van der Waals surface area (Å²) in [7, 11) is 0. The van der Waals surface area contributed by atoms with Gasteiger partial charge in [0.05, 0.1) is 13.1 Å². The van der Waals surface area contributed by atoms with E-state index in [1.54, 1.807) is 0 Å². The molecule has 12 heteroatoms. The SMILES string of the molecule is CC(C)(C)OC(=O)NCC1(c2cccc(Cl)c2)CCC(N2CCOC2=O)CC1.NCC1(c2cccc(Cl)c2)CCC(N2CCOC2=O)CC1. The fraction of sp³-hybridized carbons (Fsp3) is 0.595. The Balaban J connectivity index is 0.000000199. The molecule has 0 bridgehead atoms. The van der Waals surface area contributed by atoms with Crippen LogP contribution in [0.4, 0.5) is 14.4 Å². The predicted molar refractivity (Wildman–Crippen MR) is 190 cm³/mol. The summed E-state index contributed by atoms with van der Waals surface area (Å²) in [6.45, 7) is 8.99. The number of amides is 3. The van der Waals surface area contributed by atoms with E-state index in [4.69, 9.17) is 43.1 Å². The number of alkyl carbamates (subject to hydrolysis) is 1. The number of benzene rings is 2. The normalized spacial score (nSPS) is 27.1. The topological polar surface area (TPSA) is 123 Å². The zero-order valence-corrected chi connectivity index (χ0v) is 30.4. The Bertz CT molecular complexity index is 1470. The first-order valence-corrected chi connectivity index (χ1v) is 18.1. The molecule has 2 heterocycles. The molecule has 2 aromatic carbocycles. The van der Waals surface area contributed by atoms with E-state index in [0.29, 0.717) is 43.9 Å². The van der Waals surface area contributed by atoms with E-state index in [1.165, 1.54) is 5.56 Å². The second-order valence-electron chi connectivity index (χ2n) is 14.7. The number of hydrogen-bond donors (Lipinski definition) is 2. The molecule has 4 fully saturated rings. The lowest BCUT2D eigenvalue weighted by Crippen LogP contribution is -2.48. The summed E-state index contributed by atoms with van der Waals surface area (Å²) in [5.41, 5.74) is 7.65. The Morgan fingerprint density at radius 3 is 1.67 bits per heavy atom. The molecule has 6 rings (SSSR count). The molecule has 0 radical (unpaired) electrons. The first-order valence-electron chi connectivity index (χ1n) is 17.4. The lowest BCUT2D eigenvalue weighted by atomic mass is 9.68. The van der Waals surface area contributed by atoms with Crippen LogP contribution in [0.3, 0.4) is 0 Å². The highest BCUT2D eigenvalue weighted by Gasteiger charge is 2.42. The second-order valence-corrected chi connectivity index (χ2v) is 15.6. The van der Waals surface area contributed by atoms with E-state index in [0.717, 1.165) is 68.5 Å². The van der Waals surface area contributed by atoms with Crippen molar-refractivity contribution in [1.29, 1.82) is 0 Å². The number of nitrogens with one attached hydrogen (secondary N) is 1. The number of halogens is 2. The van der Waals surface area contributed by atoms with Crippen LogP contribution in [-0.4, -0.2) is 85.2 Å². The fourth-order valence-electron chi connectivity index (χ4n) is 7.78. The molecule has 2 saturated heterocycles. The number of nitrogens with two attached hydrogens (primary N) is 1. The summed E-state index contributed by atoms with van der Waals surface area (Å²) in [4.78, 5) is 39.5. The van der Waals surface area contributed by atoms with Crippen LogP contribution in [0.5, 0.6) is 0 Å². The Hall–Kier alpha value is -3.21. The van der Waals surface area contributed by atoms with Crippen LogP contribution in [0.25, 0.3) is 0 Å². The summed E-state index contributed by atoms with van der Waals surface area (Å²) >= 11 is 12.4. The van der Waals surface area contributed by atoms with Gasteiger partial charge in [-0.15, -0.1) is 0 Å². The number of hydrogen-bond acceptors (Lipinski definition) is 7. The van der Waals surface area contributed by atoms with Crippen molar-refractivity contribution in [2.24, 2.45) is 5.73 Å². The lowest BCUT2D eigenvalue weighted by molar-refractivity contribution is 0.0502. The Kier molecular flexibility index (Phi) is 11.9. The van der Waals surface area contributed by atoms with Crippen molar-refractivity contribution in [3.63, 3.8) is 0 Å². The molecule has 10 nitrogen and oxygen atoms in total. The number of cyclic esters (lactones) is 2. The standard InChI is InChI=1S/C21H29ClN2O4.C16H21ClN2O2/c1-20(2,3)28-18(25)23-14-21(15-5-4-6-16(22)13-15)9-7-17(8-10-21)24-11-12-27-19(24)26;17-13-3-1-2-12(10-13)16(11-18)6-4-14(5-7-16)19-8-9-21-15(19)20/h4-6,13,17H,7-12,14H2,1-3H3,(H,23,25);1-3,10,14H,4-9,11,18H2. The van der Waals surface area contributed by atoms with E-state index in [-0.39, 0.29) is 29.1 Å². The average Bonchev–Trinajstić information content (AvgIpc) is 3.71. The number of nitrogens with zero attached hydrogens (tertiary/aromatic N) is 2. The largest absolute Gasteiger partial charge is 0.448 e. The Morgan fingerprint density at radius 2 is 1.29 bits per heavy atom. The summed E-state index contributed by atoms with van der Waals surface area (Å²) in [5.74, 6) is 0. The number of carbonyl (C=O) groups is 3. The van der Waals surface area contributed by atoms with Gasteiger partial charge < -0.3 is 35.1 Å². The van der Waals surface area contributed by atoms with Crippen molar-refractivity contribution in [3.05, 3.63) is 69.7 Å². The molecule has 268 valence electrons. The van der Waals surface area contributed by atoms with Crippen molar-refractivity contribution in [3.8, 4) is 0 Å². The highest BCUT2D eigenvalue weighted by Crippen LogP contribution is 2.43.